The molecule has 1 aromatic heterocycles. The van der Waals surface area contributed by atoms with Crippen LogP contribution in [0.25, 0.3) is 0 Å². The molecule has 6 nitrogen and oxygen atoms in total. The van der Waals surface area contributed by atoms with E-state index in [1.165, 1.54) is 0 Å². The normalized spacial score (nSPS) is 22.0. The summed E-state index contributed by atoms with van der Waals surface area (Å²) in [6.07, 6.45) is -0.909. The van der Waals surface area contributed by atoms with Gasteiger partial charge in [0, 0.05) is 23.8 Å². The van der Waals surface area contributed by atoms with Crippen LogP contribution in [0.5, 0.6) is 0 Å². The van der Waals surface area contributed by atoms with Crippen LogP contribution in [0.4, 0.5) is 0 Å². The number of nitrogens with two attached hydrogens (primary N) is 1. The standard InChI is InChI=1S/C28H29N3O3S2/c1-18-30-31-28(36-18)35-17-24-25(21-5-3-2-4-6-21)26(22-11-9-20(16-32)10-12-22)34-27(33-24)23-13-7-19(15-29)8-14-23/h2-14,24-27,32H,15-17,29H2,1H3. The molecule has 0 amide bonds. The molecule has 4 unspecified atom stereocenters. The highest BCUT2D eigenvalue weighted by molar-refractivity contribution is 8.01. The summed E-state index contributed by atoms with van der Waals surface area (Å²) in [5, 5.41) is 19.0. The van der Waals surface area contributed by atoms with Gasteiger partial charge in [0.15, 0.2) is 10.6 Å². The molecule has 1 aliphatic rings. The zero-order valence-corrected chi connectivity index (χ0v) is 21.6. The molecule has 0 spiro atoms. The smallest absolute Gasteiger partial charge is 0.184 e. The summed E-state index contributed by atoms with van der Waals surface area (Å²) in [5.74, 6) is 0.674. The lowest BCUT2D eigenvalue weighted by Crippen LogP contribution is -2.38. The fraction of sp³-hybridized carbons (Fsp3) is 0.286. The molecule has 1 saturated heterocycles. The Balaban J connectivity index is 1.52. The summed E-state index contributed by atoms with van der Waals surface area (Å²) in [4.78, 5) is 0. The van der Waals surface area contributed by atoms with E-state index in [0.717, 1.165) is 37.2 Å². The van der Waals surface area contributed by atoms with Crippen LogP contribution in [-0.2, 0) is 22.6 Å². The number of aliphatic hydroxyl groups excluding tert-OH is 1. The van der Waals surface area contributed by atoms with Crippen molar-refractivity contribution < 1.29 is 14.6 Å². The van der Waals surface area contributed by atoms with E-state index >= 15 is 0 Å². The molecule has 3 N–H and O–H groups in total. The molecule has 1 fully saturated rings. The van der Waals surface area contributed by atoms with Gasteiger partial charge < -0.3 is 20.3 Å². The molecule has 3 aromatic carbocycles. The van der Waals surface area contributed by atoms with Crippen molar-refractivity contribution in [2.75, 3.05) is 5.75 Å². The van der Waals surface area contributed by atoms with Gasteiger partial charge >= 0.3 is 0 Å². The maximum atomic E-state index is 9.55. The molecule has 0 aliphatic carbocycles. The number of aliphatic hydroxyl groups is 1. The Bertz CT molecular complexity index is 1250. The number of hydrogen-bond acceptors (Lipinski definition) is 8. The van der Waals surface area contributed by atoms with E-state index in [0.29, 0.717) is 12.3 Å². The lowest BCUT2D eigenvalue weighted by molar-refractivity contribution is -0.255. The van der Waals surface area contributed by atoms with Gasteiger partial charge in [0.1, 0.15) is 5.01 Å². The Morgan fingerprint density at radius 1 is 0.861 bits per heavy atom. The van der Waals surface area contributed by atoms with Gasteiger partial charge in [-0.25, -0.2) is 0 Å². The van der Waals surface area contributed by atoms with Crippen LogP contribution >= 0.6 is 23.1 Å². The van der Waals surface area contributed by atoms with E-state index in [4.69, 9.17) is 15.2 Å². The minimum Gasteiger partial charge on any atom is -0.392 e. The van der Waals surface area contributed by atoms with Crippen LogP contribution in [0.2, 0.25) is 0 Å². The topological polar surface area (TPSA) is 90.5 Å². The summed E-state index contributed by atoms with van der Waals surface area (Å²) >= 11 is 3.26. The third-order valence-electron chi connectivity index (χ3n) is 6.34. The van der Waals surface area contributed by atoms with Crippen molar-refractivity contribution in [3.05, 3.63) is 112 Å². The van der Waals surface area contributed by atoms with E-state index < -0.39 is 6.29 Å². The van der Waals surface area contributed by atoms with E-state index in [-0.39, 0.29) is 24.7 Å². The number of nitrogens with zero attached hydrogens (tertiary/aromatic N) is 2. The summed E-state index contributed by atoms with van der Waals surface area (Å²) in [6.45, 7) is 2.46. The highest BCUT2D eigenvalue weighted by Crippen LogP contribution is 2.48. The first kappa shape index (κ1) is 25.1. The van der Waals surface area contributed by atoms with Crippen LogP contribution in [0.15, 0.2) is 83.2 Å². The lowest BCUT2D eigenvalue weighted by atomic mass is 9.84. The number of benzene rings is 3. The lowest BCUT2D eigenvalue weighted by Gasteiger charge is -2.43. The highest BCUT2D eigenvalue weighted by atomic mass is 32.2. The average molecular weight is 520 g/mol. The van der Waals surface area contributed by atoms with Crippen molar-refractivity contribution in [1.82, 2.24) is 10.2 Å². The minimum absolute atomic E-state index is 0.00762. The third kappa shape index (κ3) is 5.70. The maximum absolute atomic E-state index is 9.55. The average Bonchev–Trinajstić information content (AvgIpc) is 3.37. The fourth-order valence-corrected chi connectivity index (χ4v) is 6.36. The molecule has 4 aromatic rings. The largest absolute Gasteiger partial charge is 0.392 e. The quantitative estimate of drug-likeness (QED) is 0.296. The van der Waals surface area contributed by atoms with Gasteiger partial charge in [0.05, 0.1) is 18.8 Å². The monoisotopic (exact) mass is 519 g/mol. The van der Waals surface area contributed by atoms with E-state index in [1.54, 1.807) is 23.1 Å². The Morgan fingerprint density at radius 3 is 2.19 bits per heavy atom. The number of aromatic nitrogens is 2. The predicted molar refractivity (Wildman–Crippen MR) is 143 cm³/mol. The van der Waals surface area contributed by atoms with Crippen molar-refractivity contribution in [2.24, 2.45) is 5.73 Å². The Hall–Kier alpha value is -2.59. The highest BCUT2D eigenvalue weighted by Gasteiger charge is 2.42. The maximum Gasteiger partial charge on any atom is 0.184 e. The van der Waals surface area contributed by atoms with Crippen LogP contribution in [0.3, 0.4) is 0 Å². The third-order valence-corrected chi connectivity index (χ3v) is 8.40. The second-order valence-electron chi connectivity index (χ2n) is 8.74. The first-order valence-corrected chi connectivity index (χ1v) is 13.7. The number of aryl methyl sites for hydroxylation is 1. The van der Waals surface area contributed by atoms with E-state index in [9.17, 15) is 5.11 Å². The molecule has 4 atom stereocenters. The molecule has 8 heteroatoms. The van der Waals surface area contributed by atoms with Crippen molar-refractivity contribution in [2.45, 2.75) is 48.8 Å². The molecular formula is C28H29N3O3S2. The zero-order valence-electron chi connectivity index (χ0n) is 20.0. The van der Waals surface area contributed by atoms with Gasteiger partial charge in [-0.3, -0.25) is 0 Å². The van der Waals surface area contributed by atoms with Gasteiger partial charge in [-0.05, 0) is 29.2 Å². The van der Waals surface area contributed by atoms with E-state index in [1.807, 2.05) is 61.5 Å². The molecule has 5 rings (SSSR count). The Labute approximate surface area is 219 Å². The number of thioether (sulfide) groups is 1. The molecule has 186 valence electrons. The number of rotatable bonds is 8. The van der Waals surface area contributed by atoms with Gasteiger partial charge in [-0.2, -0.15) is 0 Å². The van der Waals surface area contributed by atoms with Crippen LogP contribution in [0, 0.1) is 6.92 Å². The molecule has 0 saturated carbocycles. The number of hydrogen-bond donors (Lipinski definition) is 2. The van der Waals surface area contributed by atoms with Crippen LogP contribution in [0.1, 0.15) is 51.1 Å². The van der Waals surface area contributed by atoms with Gasteiger partial charge in [0.25, 0.3) is 0 Å². The molecular weight excluding hydrogens is 490 g/mol. The second-order valence-corrected chi connectivity index (χ2v) is 11.2. The number of ether oxygens (including phenoxy) is 2. The molecule has 2 heterocycles. The molecule has 0 bridgehead atoms. The van der Waals surface area contributed by atoms with Crippen LogP contribution in [-0.4, -0.2) is 27.2 Å². The van der Waals surface area contributed by atoms with Gasteiger partial charge in [-0.15, -0.1) is 10.2 Å². The summed E-state index contributed by atoms with van der Waals surface area (Å²) in [7, 11) is 0. The second kappa shape index (κ2) is 11.6. The SMILES string of the molecule is Cc1nnc(SCC2OC(c3ccc(CN)cc3)OC(c3ccc(CO)cc3)C2c2ccccc2)s1. The van der Waals surface area contributed by atoms with Crippen molar-refractivity contribution in [1.29, 1.82) is 0 Å². The van der Waals surface area contributed by atoms with Crippen LogP contribution < -0.4 is 5.73 Å². The van der Waals surface area contributed by atoms with Crippen molar-refractivity contribution in [3.8, 4) is 0 Å². The Kier molecular flexibility index (Phi) is 8.11. The zero-order chi connectivity index (χ0) is 24.9. The summed E-state index contributed by atoms with van der Waals surface area (Å²) < 4.78 is 14.3. The summed E-state index contributed by atoms with van der Waals surface area (Å²) in [5.41, 5.74) is 10.9. The minimum atomic E-state index is -0.527. The molecule has 36 heavy (non-hydrogen) atoms. The van der Waals surface area contributed by atoms with Crippen molar-refractivity contribution >= 4 is 23.1 Å². The first-order valence-electron chi connectivity index (χ1n) is 11.9. The molecule has 1 aliphatic heterocycles. The van der Waals surface area contributed by atoms with Crippen molar-refractivity contribution in [3.63, 3.8) is 0 Å². The Morgan fingerprint density at radius 2 is 1.56 bits per heavy atom. The summed E-state index contributed by atoms with van der Waals surface area (Å²) in [6, 6.07) is 26.5. The predicted octanol–water partition coefficient (Wildman–Crippen LogP) is 5.53. The van der Waals surface area contributed by atoms with Gasteiger partial charge in [0.2, 0.25) is 0 Å². The first-order chi connectivity index (χ1) is 17.6. The van der Waals surface area contributed by atoms with Gasteiger partial charge in [-0.1, -0.05) is 102 Å². The molecule has 0 radical (unpaired) electrons. The fourth-order valence-electron chi connectivity index (χ4n) is 4.45. The van der Waals surface area contributed by atoms with E-state index in [2.05, 4.69) is 34.5 Å².